The monoisotopic (exact) mass is 394 g/mol. The van der Waals surface area contributed by atoms with E-state index in [1.807, 2.05) is 42.3 Å². The van der Waals surface area contributed by atoms with E-state index in [-0.39, 0.29) is 30.1 Å². The number of benzene rings is 1. The highest BCUT2D eigenvalue weighted by Crippen LogP contribution is 2.20. The van der Waals surface area contributed by atoms with Gasteiger partial charge in [-0.25, -0.2) is 0 Å². The van der Waals surface area contributed by atoms with Gasteiger partial charge in [0.25, 0.3) is 0 Å². The number of rotatable bonds is 5. The van der Waals surface area contributed by atoms with E-state index in [9.17, 15) is 9.59 Å². The predicted molar refractivity (Wildman–Crippen MR) is 110 cm³/mol. The van der Waals surface area contributed by atoms with E-state index in [0.29, 0.717) is 25.7 Å². The maximum absolute atomic E-state index is 12.6. The van der Waals surface area contributed by atoms with Crippen LogP contribution in [0.2, 0.25) is 0 Å². The Labute approximate surface area is 168 Å². The lowest BCUT2D eigenvalue weighted by Crippen LogP contribution is -2.50. The van der Waals surface area contributed by atoms with E-state index in [0.717, 1.165) is 38.0 Å². The molecule has 1 unspecified atom stereocenters. The molecule has 1 aromatic rings. The first-order valence-electron chi connectivity index (χ1n) is 9.69. The van der Waals surface area contributed by atoms with Crippen LogP contribution in [0.4, 0.5) is 5.69 Å². The second-order valence-corrected chi connectivity index (χ2v) is 7.37. The number of amides is 2. The van der Waals surface area contributed by atoms with Crippen LogP contribution in [0.3, 0.4) is 0 Å². The van der Waals surface area contributed by atoms with Crippen molar-refractivity contribution >= 4 is 29.9 Å². The summed E-state index contributed by atoms with van der Waals surface area (Å²) in [6.45, 7) is 3.79. The average molecular weight is 395 g/mol. The van der Waals surface area contributed by atoms with E-state index >= 15 is 0 Å². The van der Waals surface area contributed by atoms with Crippen molar-refractivity contribution in [3.05, 3.63) is 30.3 Å². The Morgan fingerprint density at radius 2 is 1.78 bits per heavy atom. The van der Waals surface area contributed by atoms with Crippen molar-refractivity contribution in [1.82, 2.24) is 15.1 Å². The summed E-state index contributed by atoms with van der Waals surface area (Å²) in [5.41, 5.74) is 0.834. The number of nitrogens with one attached hydrogen (secondary N) is 2. The van der Waals surface area contributed by atoms with Crippen molar-refractivity contribution in [3.63, 3.8) is 0 Å². The van der Waals surface area contributed by atoms with Crippen LogP contribution in [-0.4, -0.2) is 67.4 Å². The minimum atomic E-state index is -0.0112. The number of para-hydroxylation sites is 1. The highest BCUT2D eigenvalue weighted by molar-refractivity contribution is 5.92. The van der Waals surface area contributed by atoms with Gasteiger partial charge in [-0.15, -0.1) is 12.4 Å². The van der Waals surface area contributed by atoms with Gasteiger partial charge in [-0.1, -0.05) is 18.2 Å². The first kappa shape index (κ1) is 21.7. The Kier molecular flexibility index (Phi) is 8.54. The van der Waals surface area contributed by atoms with Gasteiger partial charge in [-0.3, -0.25) is 14.5 Å². The number of carbonyl (C=O) groups excluding carboxylic acids is 2. The fraction of sp³-hybridized carbons (Fsp3) is 0.600. The summed E-state index contributed by atoms with van der Waals surface area (Å²) >= 11 is 0. The summed E-state index contributed by atoms with van der Waals surface area (Å²) in [6.07, 6.45) is 3.80. The SMILES string of the molecule is CNC1CCCN(CC(=O)N2CCC(C(=O)Nc3ccccc3)CC2)C1.Cl. The second-order valence-electron chi connectivity index (χ2n) is 7.37. The molecule has 27 heavy (non-hydrogen) atoms. The molecule has 0 spiro atoms. The number of halogens is 1. The third-order valence-corrected chi connectivity index (χ3v) is 5.53. The first-order chi connectivity index (χ1) is 12.7. The van der Waals surface area contributed by atoms with E-state index in [4.69, 9.17) is 0 Å². The Morgan fingerprint density at radius 3 is 2.44 bits per heavy atom. The van der Waals surface area contributed by atoms with Crippen LogP contribution >= 0.6 is 12.4 Å². The van der Waals surface area contributed by atoms with Crippen molar-refractivity contribution in [3.8, 4) is 0 Å². The van der Waals surface area contributed by atoms with Crippen LogP contribution in [0.1, 0.15) is 25.7 Å². The molecule has 3 rings (SSSR count). The summed E-state index contributed by atoms with van der Waals surface area (Å²) in [5, 5.41) is 6.29. The molecule has 2 heterocycles. The molecular weight excluding hydrogens is 364 g/mol. The van der Waals surface area contributed by atoms with Crippen LogP contribution in [0.15, 0.2) is 30.3 Å². The normalized spacial score (nSPS) is 21.4. The summed E-state index contributed by atoms with van der Waals surface area (Å²) in [5.74, 6) is 0.253. The smallest absolute Gasteiger partial charge is 0.236 e. The predicted octanol–water partition coefficient (Wildman–Crippen LogP) is 1.97. The largest absolute Gasteiger partial charge is 0.342 e. The number of nitrogens with zero attached hydrogens (tertiary/aromatic N) is 2. The molecule has 2 aliphatic rings. The number of likely N-dealkylation sites (N-methyl/N-ethyl adjacent to an activating group) is 1. The van der Waals surface area contributed by atoms with Gasteiger partial charge < -0.3 is 15.5 Å². The summed E-state index contributed by atoms with van der Waals surface area (Å²) < 4.78 is 0. The highest BCUT2D eigenvalue weighted by atomic mass is 35.5. The summed E-state index contributed by atoms with van der Waals surface area (Å²) in [7, 11) is 1.99. The molecule has 0 radical (unpaired) electrons. The van der Waals surface area contributed by atoms with Gasteiger partial charge in [-0.05, 0) is 51.4 Å². The number of hydrogen-bond donors (Lipinski definition) is 2. The molecule has 2 N–H and O–H groups in total. The zero-order valence-corrected chi connectivity index (χ0v) is 16.8. The fourth-order valence-electron chi connectivity index (χ4n) is 3.88. The summed E-state index contributed by atoms with van der Waals surface area (Å²) in [6, 6.07) is 10.0. The van der Waals surface area contributed by atoms with Gasteiger partial charge in [0.05, 0.1) is 6.54 Å². The molecule has 2 fully saturated rings. The topological polar surface area (TPSA) is 64.7 Å². The van der Waals surface area contributed by atoms with E-state index in [2.05, 4.69) is 15.5 Å². The molecule has 0 aromatic heterocycles. The average Bonchev–Trinajstić information content (AvgIpc) is 2.69. The molecule has 0 saturated carbocycles. The number of anilines is 1. The number of carbonyl (C=O) groups is 2. The van der Waals surface area contributed by atoms with Gasteiger partial charge in [0, 0.05) is 37.3 Å². The molecular formula is C20H31ClN4O2. The zero-order valence-electron chi connectivity index (χ0n) is 16.0. The molecule has 1 aromatic carbocycles. The van der Waals surface area contributed by atoms with Crippen molar-refractivity contribution in [1.29, 1.82) is 0 Å². The molecule has 0 bridgehead atoms. The van der Waals surface area contributed by atoms with Crippen molar-refractivity contribution < 1.29 is 9.59 Å². The minimum Gasteiger partial charge on any atom is -0.342 e. The molecule has 0 aliphatic carbocycles. The first-order valence-corrected chi connectivity index (χ1v) is 9.69. The molecule has 1 atom stereocenters. The van der Waals surface area contributed by atoms with Crippen LogP contribution < -0.4 is 10.6 Å². The maximum Gasteiger partial charge on any atom is 0.236 e. The molecule has 150 valence electrons. The molecule has 6 nitrogen and oxygen atoms in total. The van der Waals surface area contributed by atoms with Crippen molar-refractivity contribution in [2.24, 2.45) is 5.92 Å². The lowest BCUT2D eigenvalue weighted by atomic mass is 9.95. The second kappa shape index (κ2) is 10.6. The van der Waals surface area contributed by atoms with Crippen LogP contribution in [0.25, 0.3) is 0 Å². The number of piperidine rings is 2. The number of hydrogen-bond acceptors (Lipinski definition) is 4. The van der Waals surface area contributed by atoms with Gasteiger partial charge in [0.15, 0.2) is 0 Å². The number of likely N-dealkylation sites (tertiary alicyclic amines) is 2. The van der Waals surface area contributed by atoms with Crippen LogP contribution in [0.5, 0.6) is 0 Å². The molecule has 2 amide bonds. The van der Waals surface area contributed by atoms with Crippen LogP contribution in [0, 0.1) is 5.92 Å². The molecule has 2 saturated heterocycles. The van der Waals surface area contributed by atoms with Crippen molar-refractivity contribution in [2.45, 2.75) is 31.7 Å². The minimum absolute atomic E-state index is 0. The quantitative estimate of drug-likeness (QED) is 0.801. The molecule has 2 aliphatic heterocycles. The Morgan fingerprint density at radius 1 is 1.07 bits per heavy atom. The maximum atomic E-state index is 12.6. The lowest BCUT2D eigenvalue weighted by Gasteiger charge is -2.35. The Balaban J connectivity index is 0.00000261. The van der Waals surface area contributed by atoms with Gasteiger partial charge >= 0.3 is 0 Å². The Bertz CT molecular complexity index is 605. The summed E-state index contributed by atoms with van der Waals surface area (Å²) in [4.78, 5) is 29.2. The van der Waals surface area contributed by atoms with Crippen LogP contribution in [-0.2, 0) is 9.59 Å². The Hall–Kier alpha value is -1.63. The standard InChI is InChI=1S/C20H30N4O2.ClH/c1-21-18-8-5-11-23(14-18)15-19(25)24-12-9-16(10-13-24)20(26)22-17-6-3-2-4-7-17;/h2-4,6-7,16,18,21H,5,8-15H2,1H3,(H,22,26);1H. The van der Waals surface area contributed by atoms with E-state index < -0.39 is 0 Å². The van der Waals surface area contributed by atoms with E-state index in [1.54, 1.807) is 0 Å². The zero-order chi connectivity index (χ0) is 18.4. The molecule has 7 heteroatoms. The van der Waals surface area contributed by atoms with Crippen molar-refractivity contribution in [2.75, 3.05) is 45.1 Å². The fourth-order valence-corrected chi connectivity index (χ4v) is 3.88. The van der Waals surface area contributed by atoms with Gasteiger partial charge in [0.1, 0.15) is 0 Å². The third-order valence-electron chi connectivity index (χ3n) is 5.53. The van der Waals surface area contributed by atoms with Gasteiger partial charge in [-0.2, -0.15) is 0 Å². The highest BCUT2D eigenvalue weighted by Gasteiger charge is 2.29. The van der Waals surface area contributed by atoms with E-state index in [1.165, 1.54) is 6.42 Å². The van der Waals surface area contributed by atoms with Gasteiger partial charge in [0.2, 0.25) is 11.8 Å². The lowest BCUT2D eigenvalue weighted by molar-refractivity contribution is -0.135. The third kappa shape index (κ3) is 6.19.